The van der Waals surface area contributed by atoms with Gasteiger partial charge < -0.3 is 10.2 Å². The molecule has 1 N–H and O–H groups in total. The van der Waals surface area contributed by atoms with Crippen molar-refractivity contribution in [2.24, 2.45) is 5.92 Å². The molecule has 1 heterocycles. The van der Waals surface area contributed by atoms with E-state index in [-0.39, 0.29) is 0 Å². The third-order valence-electron chi connectivity index (χ3n) is 3.47. The maximum Gasteiger partial charge on any atom is 0.0320 e. The van der Waals surface area contributed by atoms with Crippen LogP contribution in [0.2, 0.25) is 0 Å². The highest BCUT2D eigenvalue weighted by Crippen LogP contribution is 2.23. The van der Waals surface area contributed by atoms with Gasteiger partial charge in [0.05, 0.1) is 0 Å². The smallest absolute Gasteiger partial charge is 0.0320 e. The monoisotopic (exact) mass is 374 g/mol. The average Bonchev–Trinajstić information content (AvgIpc) is 2.34. The summed E-state index contributed by atoms with van der Waals surface area (Å²) in [7, 11) is 2.22. The molecule has 4 heteroatoms. The molecule has 1 saturated heterocycles. The number of benzene rings is 1. The number of halogens is 2. The highest BCUT2D eigenvalue weighted by atomic mass is 79.9. The summed E-state index contributed by atoms with van der Waals surface area (Å²) in [6, 6.07) is 6.43. The van der Waals surface area contributed by atoms with E-state index >= 15 is 0 Å². The van der Waals surface area contributed by atoms with Gasteiger partial charge in [-0.3, -0.25) is 0 Å². The minimum atomic E-state index is 0.808. The van der Waals surface area contributed by atoms with Gasteiger partial charge in [0, 0.05) is 22.0 Å². The van der Waals surface area contributed by atoms with Crippen LogP contribution < -0.4 is 5.32 Å². The first-order valence-electron chi connectivity index (χ1n) is 6.48. The van der Waals surface area contributed by atoms with E-state index in [0.717, 1.165) is 28.0 Å². The van der Waals surface area contributed by atoms with E-state index in [1.165, 1.54) is 31.5 Å². The van der Waals surface area contributed by atoms with Crippen LogP contribution in [0, 0.1) is 5.92 Å². The fourth-order valence-electron chi connectivity index (χ4n) is 2.51. The molecule has 0 spiro atoms. The second kappa shape index (κ2) is 7.04. The quantitative estimate of drug-likeness (QED) is 0.864. The lowest BCUT2D eigenvalue weighted by atomic mass is 9.98. The minimum Gasteiger partial charge on any atom is -0.312 e. The fourth-order valence-corrected chi connectivity index (χ4v) is 3.18. The molecule has 0 bridgehead atoms. The first-order valence-corrected chi connectivity index (χ1v) is 8.07. The number of likely N-dealkylation sites (tertiary alicyclic amines) is 1. The van der Waals surface area contributed by atoms with Crippen molar-refractivity contribution in [1.82, 2.24) is 10.2 Å². The summed E-state index contributed by atoms with van der Waals surface area (Å²) in [6.07, 6.45) is 2.70. The van der Waals surface area contributed by atoms with Crippen LogP contribution in [0.4, 0.5) is 0 Å². The van der Waals surface area contributed by atoms with Gasteiger partial charge in [-0.2, -0.15) is 0 Å². The molecule has 2 rings (SSSR count). The van der Waals surface area contributed by atoms with Crippen LogP contribution in [0.3, 0.4) is 0 Å². The number of hydrogen-bond acceptors (Lipinski definition) is 2. The first-order chi connectivity index (χ1) is 8.65. The number of hydrogen-bond donors (Lipinski definition) is 1. The summed E-state index contributed by atoms with van der Waals surface area (Å²) in [5, 5.41) is 3.58. The molecule has 0 amide bonds. The van der Waals surface area contributed by atoms with Gasteiger partial charge in [-0.05, 0) is 88.5 Å². The van der Waals surface area contributed by atoms with Gasteiger partial charge in [-0.1, -0.05) is 6.07 Å². The zero-order valence-electron chi connectivity index (χ0n) is 10.8. The largest absolute Gasteiger partial charge is 0.312 e. The average molecular weight is 376 g/mol. The molecule has 2 nitrogen and oxygen atoms in total. The Morgan fingerprint density at radius 3 is 2.89 bits per heavy atom. The van der Waals surface area contributed by atoms with Crippen LogP contribution in [-0.4, -0.2) is 31.6 Å². The van der Waals surface area contributed by atoms with Crippen LogP contribution in [0.15, 0.2) is 27.1 Å². The van der Waals surface area contributed by atoms with Crippen molar-refractivity contribution in [3.8, 4) is 0 Å². The summed E-state index contributed by atoms with van der Waals surface area (Å²) in [5.41, 5.74) is 1.33. The molecular weight excluding hydrogens is 356 g/mol. The predicted molar refractivity (Wildman–Crippen MR) is 83.8 cm³/mol. The van der Waals surface area contributed by atoms with Gasteiger partial charge in [0.1, 0.15) is 0 Å². The lowest BCUT2D eigenvalue weighted by Crippen LogP contribution is -2.37. The summed E-state index contributed by atoms with van der Waals surface area (Å²) >= 11 is 7.03. The van der Waals surface area contributed by atoms with Crippen LogP contribution in [0.5, 0.6) is 0 Å². The highest BCUT2D eigenvalue weighted by Gasteiger charge is 2.16. The Morgan fingerprint density at radius 2 is 2.17 bits per heavy atom. The predicted octanol–water partition coefficient (Wildman–Crippen LogP) is 3.64. The Bertz CT molecular complexity index is 395. The Morgan fingerprint density at radius 1 is 1.33 bits per heavy atom. The zero-order chi connectivity index (χ0) is 13.0. The van der Waals surface area contributed by atoms with Gasteiger partial charge in [0.25, 0.3) is 0 Å². The normalized spacial score (nSPS) is 21.2. The second-order valence-corrected chi connectivity index (χ2v) is 6.86. The zero-order valence-corrected chi connectivity index (χ0v) is 13.9. The van der Waals surface area contributed by atoms with E-state index in [9.17, 15) is 0 Å². The van der Waals surface area contributed by atoms with Gasteiger partial charge >= 0.3 is 0 Å². The van der Waals surface area contributed by atoms with Crippen LogP contribution >= 0.6 is 31.9 Å². The third-order valence-corrected chi connectivity index (χ3v) is 5.35. The molecule has 100 valence electrons. The molecule has 1 fully saturated rings. The van der Waals surface area contributed by atoms with Crippen LogP contribution in [0.25, 0.3) is 0 Å². The summed E-state index contributed by atoms with van der Waals surface area (Å²) < 4.78 is 2.24. The van der Waals surface area contributed by atoms with Crippen LogP contribution in [0.1, 0.15) is 18.4 Å². The van der Waals surface area contributed by atoms with Crippen molar-refractivity contribution >= 4 is 31.9 Å². The van der Waals surface area contributed by atoms with Crippen molar-refractivity contribution in [2.75, 3.05) is 26.7 Å². The van der Waals surface area contributed by atoms with Gasteiger partial charge in [0.2, 0.25) is 0 Å². The number of nitrogens with one attached hydrogen (secondary N) is 1. The summed E-state index contributed by atoms with van der Waals surface area (Å²) in [5.74, 6) is 0.808. The van der Waals surface area contributed by atoms with E-state index in [0.29, 0.717) is 0 Å². The van der Waals surface area contributed by atoms with E-state index < -0.39 is 0 Å². The van der Waals surface area contributed by atoms with Crippen LogP contribution in [-0.2, 0) is 6.54 Å². The molecule has 1 aromatic carbocycles. The van der Waals surface area contributed by atoms with Gasteiger partial charge in [-0.15, -0.1) is 0 Å². The fraction of sp³-hybridized carbons (Fsp3) is 0.571. The molecule has 1 aliphatic heterocycles. The molecule has 0 saturated carbocycles. The van der Waals surface area contributed by atoms with Crippen molar-refractivity contribution in [1.29, 1.82) is 0 Å². The van der Waals surface area contributed by atoms with Crippen molar-refractivity contribution < 1.29 is 0 Å². The van der Waals surface area contributed by atoms with E-state index in [1.807, 2.05) is 0 Å². The van der Waals surface area contributed by atoms with E-state index in [4.69, 9.17) is 0 Å². The molecule has 0 aromatic heterocycles. The lowest BCUT2D eigenvalue weighted by molar-refractivity contribution is 0.206. The third kappa shape index (κ3) is 4.34. The Labute approximate surface area is 126 Å². The lowest BCUT2D eigenvalue weighted by Gasteiger charge is -2.29. The maximum atomic E-state index is 3.58. The van der Waals surface area contributed by atoms with Gasteiger partial charge in [-0.25, -0.2) is 0 Å². The Hall–Kier alpha value is 0.1000. The molecule has 18 heavy (non-hydrogen) atoms. The molecule has 1 aliphatic rings. The van der Waals surface area contributed by atoms with Crippen molar-refractivity contribution in [3.63, 3.8) is 0 Å². The topological polar surface area (TPSA) is 15.3 Å². The molecule has 1 unspecified atom stereocenters. The van der Waals surface area contributed by atoms with E-state index in [1.54, 1.807) is 0 Å². The van der Waals surface area contributed by atoms with Crippen molar-refractivity contribution in [2.45, 2.75) is 19.4 Å². The minimum absolute atomic E-state index is 0.808. The highest BCUT2D eigenvalue weighted by molar-refractivity contribution is 9.13. The van der Waals surface area contributed by atoms with E-state index in [2.05, 4.69) is 67.3 Å². The number of nitrogens with zero attached hydrogens (tertiary/aromatic N) is 1. The van der Waals surface area contributed by atoms with Crippen molar-refractivity contribution in [3.05, 3.63) is 32.7 Å². The standard InChI is InChI=1S/C14H20Br2N2/c1-18-6-2-3-12(10-18)9-17-8-11-4-5-13(15)14(16)7-11/h4-5,7,12,17H,2-3,6,8-10H2,1H3. The molecular formula is C14H20Br2N2. The molecule has 0 aliphatic carbocycles. The first kappa shape index (κ1) is 14.5. The second-order valence-electron chi connectivity index (χ2n) is 5.15. The Balaban J connectivity index is 1.76. The summed E-state index contributed by atoms with van der Waals surface area (Å²) in [6.45, 7) is 4.57. The maximum absolute atomic E-state index is 3.58. The number of rotatable bonds is 4. The Kier molecular flexibility index (Phi) is 5.67. The molecule has 0 radical (unpaired) electrons. The SMILES string of the molecule is CN1CCCC(CNCc2ccc(Br)c(Br)c2)C1. The number of piperidine rings is 1. The van der Waals surface area contributed by atoms with Gasteiger partial charge in [0.15, 0.2) is 0 Å². The summed E-state index contributed by atoms with van der Waals surface area (Å²) in [4.78, 5) is 2.44. The molecule has 1 atom stereocenters. The molecule has 1 aromatic rings.